The highest BCUT2D eigenvalue weighted by Crippen LogP contribution is 2.40. The lowest BCUT2D eigenvalue weighted by Crippen LogP contribution is -2.39. The third kappa shape index (κ3) is 3.99. The first-order valence-electron chi connectivity index (χ1n) is 9.83. The molecule has 2 aromatic rings. The van der Waals surface area contributed by atoms with E-state index in [4.69, 9.17) is 9.72 Å². The van der Waals surface area contributed by atoms with Crippen molar-refractivity contribution in [3.05, 3.63) is 47.0 Å². The maximum Gasteiger partial charge on any atom is 0.253 e. The van der Waals surface area contributed by atoms with E-state index < -0.39 is 0 Å². The number of nitrogens with zero attached hydrogens (tertiary/aromatic N) is 4. The molecule has 1 atom stereocenters. The minimum absolute atomic E-state index is 0.0487. The van der Waals surface area contributed by atoms with Crippen LogP contribution in [0.5, 0.6) is 0 Å². The molecule has 7 nitrogen and oxygen atoms in total. The standard InChI is InChI=1S/C21H27N5O2/c1-14-4-5-15(12-22-14)19(27)24-17-10-21(2,3)11-18-16(17)13-23-20(25-18)26-6-8-28-9-7-26/h4-5,12-13,17H,6-11H2,1-3H3,(H,24,27)/t17-/m1/s1. The van der Waals surface area contributed by atoms with Crippen LogP contribution in [-0.4, -0.2) is 47.2 Å². The third-order valence-corrected chi connectivity index (χ3v) is 5.44. The lowest BCUT2D eigenvalue weighted by Gasteiger charge is -2.37. The fraction of sp³-hybridized carbons (Fsp3) is 0.524. The summed E-state index contributed by atoms with van der Waals surface area (Å²) < 4.78 is 5.43. The zero-order chi connectivity index (χ0) is 19.7. The van der Waals surface area contributed by atoms with Crippen LogP contribution in [0.2, 0.25) is 0 Å². The summed E-state index contributed by atoms with van der Waals surface area (Å²) in [6, 6.07) is 3.56. The van der Waals surface area contributed by atoms with E-state index >= 15 is 0 Å². The second-order valence-corrected chi connectivity index (χ2v) is 8.43. The quantitative estimate of drug-likeness (QED) is 0.880. The summed E-state index contributed by atoms with van der Waals surface area (Å²) >= 11 is 0. The summed E-state index contributed by atoms with van der Waals surface area (Å²) in [5.41, 5.74) is 3.56. The molecule has 0 bridgehead atoms. The van der Waals surface area contributed by atoms with Gasteiger partial charge in [-0.1, -0.05) is 13.8 Å². The molecule has 28 heavy (non-hydrogen) atoms. The fourth-order valence-electron chi connectivity index (χ4n) is 3.92. The number of ether oxygens (including phenoxy) is 1. The molecule has 7 heteroatoms. The van der Waals surface area contributed by atoms with E-state index in [0.717, 1.165) is 48.8 Å². The Morgan fingerprint density at radius 1 is 1.21 bits per heavy atom. The Balaban J connectivity index is 1.59. The molecule has 1 saturated heterocycles. The van der Waals surface area contributed by atoms with Crippen molar-refractivity contribution in [2.45, 2.75) is 39.7 Å². The van der Waals surface area contributed by atoms with Gasteiger partial charge in [0.1, 0.15) is 0 Å². The van der Waals surface area contributed by atoms with E-state index in [1.54, 1.807) is 6.20 Å². The van der Waals surface area contributed by atoms with Crippen molar-refractivity contribution in [3.63, 3.8) is 0 Å². The predicted molar refractivity (Wildman–Crippen MR) is 106 cm³/mol. The number of fused-ring (bicyclic) bond motifs is 1. The summed E-state index contributed by atoms with van der Waals surface area (Å²) in [6.45, 7) is 9.37. The second kappa shape index (κ2) is 7.47. The maximum atomic E-state index is 12.7. The number of aromatic nitrogens is 3. The summed E-state index contributed by atoms with van der Waals surface area (Å²) in [5, 5.41) is 3.17. The molecule has 2 aromatic heterocycles. The minimum Gasteiger partial charge on any atom is -0.378 e. The predicted octanol–water partition coefficient (Wildman–Crippen LogP) is 2.46. The smallest absolute Gasteiger partial charge is 0.253 e. The van der Waals surface area contributed by atoms with Gasteiger partial charge in [0.05, 0.1) is 30.5 Å². The number of amides is 1. The molecule has 1 aliphatic carbocycles. The first-order chi connectivity index (χ1) is 13.4. The molecule has 3 heterocycles. The van der Waals surface area contributed by atoms with Crippen LogP contribution in [0.25, 0.3) is 0 Å². The Labute approximate surface area is 165 Å². The van der Waals surface area contributed by atoms with E-state index in [0.29, 0.717) is 18.8 Å². The van der Waals surface area contributed by atoms with Gasteiger partial charge in [-0.15, -0.1) is 0 Å². The van der Waals surface area contributed by atoms with Gasteiger partial charge in [0.25, 0.3) is 5.91 Å². The van der Waals surface area contributed by atoms with Gasteiger partial charge in [-0.3, -0.25) is 9.78 Å². The van der Waals surface area contributed by atoms with Crippen LogP contribution in [0.15, 0.2) is 24.5 Å². The van der Waals surface area contributed by atoms with E-state index in [1.807, 2.05) is 25.3 Å². The van der Waals surface area contributed by atoms with Crippen LogP contribution in [0, 0.1) is 12.3 Å². The molecule has 0 unspecified atom stereocenters. The lowest BCUT2D eigenvalue weighted by atomic mass is 9.74. The van der Waals surface area contributed by atoms with Crippen LogP contribution in [-0.2, 0) is 11.2 Å². The first-order valence-corrected chi connectivity index (χ1v) is 9.83. The number of hydrogen-bond acceptors (Lipinski definition) is 6. The Hall–Kier alpha value is -2.54. The summed E-state index contributed by atoms with van der Waals surface area (Å²) in [5.74, 6) is 0.644. The van der Waals surface area contributed by atoms with Gasteiger partial charge in [0.15, 0.2) is 0 Å². The number of pyridine rings is 1. The van der Waals surface area contributed by atoms with Crippen molar-refractivity contribution >= 4 is 11.9 Å². The molecule has 2 aliphatic rings. The largest absolute Gasteiger partial charge is 0.378 e. The van der Waals surface area contributed by atoms with Gasteiger partial charge in [-0.25, -0.2) is 9.97 Å². The highest BCUT2D eigenvalue weighted by Gasteiger charge is 2.35. The Bertz CT molecular complexity index is 860. The van der Waals surface area contributed by atoms with E-state index in [1.165, 1.54) is 0 Å². The normalized spacial score (nSPS) is 21.1. The van der Waals surface area contributed by atoms with Crippen LogP contribution in [0.3, 0.4) is 0 Å². The van der Waals surface area contributed by atoms with Crippen molar-refractivity contribution < 1.29 is 9.53 Å². The number of anilines is 1. The van der Waals surface area contributed by atoms with Crippen LogP contribution < -0.4 is 10.2 Å². The van der Waals surface area contributed by atoms with Gasteiger partial charge in [0, 0.05) is 36.7 Å². The number of morpholine rings is 1. The molecule has 1 aliphatic heterocycles. The summed E-state index contributed by atoms with van der Waals surface area (Å²) in [4.78, 5) is 28.6. The van der Waals surface area contributed by atoms with Gasteiger partial charge >= 0.3 is 0 Å². The monoisotopic (exact) mass is 381 g/mol. The number of carbonyl (C=O) groups excluding carboxylic acids is 1. The zero-order valence-corrected chi connectivity index (χ0v) is 16.7. The van der Waals surface area contributed by atoms with E-state index in [9.17, 15) is 4.79 Å². The average molecular weight is 381 g/mol. The van der Waals surface area contributed by atoms with Gasteiger partial charge < -0.3 is 15.0 Å². The molecule has 1 amide bonds. The molecule has 0 aromatic carbocycles. The molecule has 4 rings (SSSR count). The highest BCUT2D eigenvalue weighted by atomic mass is 16.5. The molecular formula is C21H27N5O2. The first kappa shape index (κ1) is 18.8. The second-order valence-electron chi connectivity index (χ2n) is 8.43. The molecule has 1 N–H and O–H groups in total. The number of carbonyl (C=O) groups is 1. The zero-order valence-electron chi connectivity index (χ0n) is 16.7. The van der Waals surface area contributed by atoms with Gasteiger partial charge in [0.2, 0.25) is 5.95 Å². The van der Waals surface area contributed by atoms with Gasteiger partial charge in [-0.2, -0.15) is 0 Å². The number of aryl methyl sites for hydroxylation is 1. The average Bonchev–Trinajstić information content (AvgIpc) is 2.68. The topological polar surface area (TPSA) is 80.2 Å². The number of rotatable bonds is 3. The molecule has 0 spiro atoms. The van der Waals surface area contributed by atoms with Crippen molar-refractivity contribution in [1.82, 2.24) is 20.3 Å². The van der Waals surface area contributed by atoms with Crippen LogP contribution in [0.4, 0.5) is 5.95 Å². The third-order valence-electron chi connectivity index (χ3n) is 5.44. The van der Waals surface area contributed by atoms with Crippen molar-refractivity contribution in [1.29, 1.82) is 0 Å². The Morgan fingerprint density at radius 2 is 2.00 bits per heavy atom. The van der Waals surface area contributed by atoms with Crippen molar-refractivity contribution in [2.24, 2.45) is 5.41 Å². The van der Waals surface area contributed by atoms with E-state index in [-0.39, 0.29) is 17.4 Å². The Morgan fingerprint density at radius 3 is 2.71 bits per heavy atom. The minimum atomic E-state index is -0.113. The fourth-order valence-corrected chi connectivity index (χ4v) is 3.92. The SMILES string of the molecule is Cc1ccc(C(=O)N[C@@H]2CC(C)(C)Cc3nc(N4CCOCC4)ncc32)cn1. The van der Waals surface area contributed by atoms with Gasteiger partial charge in [-0.05, 0) is 37.3 Å². The van der Waals surface area contributed by atoms with Crippen molar-refractivity contribution in [3.8, 4) is 0 Å². The number of nitrogens with one attached hydrogen (secondary N) is 1. The van der Waals surface area contributed by atoms with Crippen molar-refractivity contribution in [2.75, 3.05) is 31.2 Å². The van der Waals surface area contributed by atoms with E-state index in [2.05, 4.69) is 34.0 Å². The summed E-state index contributed by atoms with van der Waals surface area (Å²) in [6.07, 6.45) is 5.24. The lowest BCUT2D eigenvalue weighted by molar-refractivity contribution is 0.0918. The Kier molecular flexibility index (Phi) is 5.02. The number of hydrogen-bond donors (Lipinski definition) is 1. The highest BCUT2D eigenvalue weighted by molar-refractivity contribution is 5.94. The maximum absolute atomic E-state index is 12.7. The van der Waals surface area contributed by atoms with Crippen LogP contribution >= 0.6 is 0 Å². The molecule has 0 radical (unpaired) electrons. The van der Waals surface area contributed by atoms with Crippen LogP contribution in [0.1, 0.15) is 53.6 Å². The molecule has 1 fully saturated rings. The summed E-state index contributed by atoms with van der Waals surface area (Å²) in [7, 11) is 0. The molecule has 148 valence electrons. The molecule has 0 saturated carbocycles. The molecular weight excluding hydrogens is 354 g/mol.